The third-order valence-electron chi connectivity index (χ3n) is 4.03. The number of halogens is 2. The van der Waals surface area contributed by atoms with E-state index in [0.29, 0.717) is 5.02 Å². The summed E-state index contributed by atoms with van der Waals surface area (Å²) in [5.41, 5.74) is 1.87. The topological polar surface area (TPSA) is 41.6 Å². The zero-order chi connectivity index (χ0) is 18.2. The second-order valence-electron chi connectivity index (χ2n) is 6.23. The predicted molar refractivity (Wildman–Crippen MR) is 109 cm³/mol. The first kappa shape index (κ1) is 22.5. The molecule has 6 heteroatoms. The molecule has 0 fully saturated rings. The van der Waals surface area contributed by atoms with Crippen LogP contribution >= 0.6 is 24.0 Å². The van der Waals surface area contributed by atoms with Gasteiger partial charge in [-0.1, -0.05) is 54.1 Å². The van der Waals surface area contributed by atoms with Crippen molar-refractivity contribution in [2.24, 2.45) is 0 Å². The Hall–Kier alpha value is -1.59. The normalized spacial score (nSPS) is 13.0. The van der Waals surface area contributed by atoms with E-state index >= 15 is 0 Å². The van der Waals surface area contributed by atoms with Gasteiger partial charge in [-0.25, -0.2) is 0 Å². The molecule has 0 saturated heterocycles. The van der Waals surface area contributed by atoms with Crippen LogP contribution in [0.1, 0.15) is 29.7 Å². The second kappa shape index (κ2) is 11.2. The Labute approximate surface area is 166 Å². The smallest absolute Gasteiger partial charge is 0.254 e. The minimum absolute atomic E-state index is 0. The molecule has 0 aliphatic rings. The van der Waals surface area contributed by atoms with Gasteiger partial charge in [0.05, 0.1) is 6.04 Å². The molecule has 26 heavy (non-hydrogen) atoms. The summed E-state index contributed by atoms with van der Waals surface area (Å²) in [5.74, 6) is -0.146. The number of methoxy groups -OCH3 is 1. The molecule has 2 aromatic carbocycles. The molecule has 0 heterocycles. The van der Waals surface area contributed by atoms with E-state index in [1.807, 2.05) is 68.7 Å². The van der Waals surface area contributed by atoms with E-state index in [0.717, 1.165) is 24.1 Å². The monoisotopic (exact) mass is 396 g/mol. The largest absolute Gasteiger partial charge is 0.367 e. The second-order valence-corrected chi connectivity index (χ2v) is 6.67. The lowest BCUT2D eigenvalue weighted by atomic mass is 10.0. The fraction of sp³-hybridized carbons (Fsp3) is 0.350. The molecule has 0 spiro atoms. The van der Waals surface area contributed by atoms with Crippen LogP contribution in [-0.2, 0) is 9.53 Å². The Balaban J connectivity index is 0.00000338. The van der Waals surface area contributed by atoms with E-state index in [4.69, 9.17) is 16.3 Å². The number of carbonyl (C=O) groups is 1. The standard InChI is InChI=1S/C20H25ClN2O2.ClH/c1-23(2)14-13-18(15-9-11-17(21)12-10-15)22-20(24)19(25-3)16-7-5-4-6-8-16;/h4-12,18-19H,13-14H2,1-3H3,(H,22,24);1H/t18-,19-;/m1./s1. The van der Waals surface area contributed by atoms with Crippen molar-refractivity contribution in [3.8, 4) is 0 Å². The number of rotatable bonds is 8. The predicted octanol–water partition coefficient (Wildman–Crippen LogP) is 4.26. The van der Waals surface area contributed by atoms with Crippen molar-refractivity contribution in [2.45, 2.75) is 18.6 Å². The maximum absolute atomic E-state index is 12.8. The number of carbonyl (C=O) groups excluding carboxylic acids is 1. The third-order valence-corrected chi connectivity index (χ3v) is 4.28. The van der Waals surface area contributed by atoms with Gasteiger partial charge in [0.15, 0.2) is 6.10 Å². The van der Waals surface area contributed by atoms with E-state index in [1.54, 1.807) is 7.11 Å². The van der Waals surface area contributed by atoms with Gasteiger partial charge in [0.1, 0.15) is 0 Å². The van der Waals surface area contributed by atoms with Crippen LogP contribution in [0.3, 0.4) is 0 Å². The van der Waals surface area contributed by atoms with Crippen LogP contribution in [0.2, 0.25) is 5.02 Å². The number of hydrogen-bond acceptors (Lipinski definition) is 3. The summed E-state index contributed by atoms with van der Waals surface area (Å²) >= 11 is 5.99. The molecule has 0 radical (unpaired) electrons. The van der Waals surface area contributed by atoms with Crippen molar-refractivity contribution >= 4 is 29.9 Å². The molecule has 0 unspecified atom stereocenters. The molecular formula is C20H26Cl2N2O2. The van der Waals surface area contributed by atoms with Crippen molar-refractivity contribution in [2.75, 3.05) is 27.7 Å². The zero-order valence-corrected chi connectivity index (χ0v) is 16.9. The molecule has 2 atom stereocenters. The summed E-state index contributed by atoms with van der Waals surface area (Å²) in [6.45, 7) is 0.858. The van der Waals surface area contributed by atoms with E-state index in [-0.39, 0.29) is 24.4 Å². The van der Waals surface area contributed by atoms with Crippen LogP contribution in [0.15, 0.2) is 54.6 Å². The van der Waals surface area contributed by atoms with Crippen LogP contribution in [0.5, 0.6) is 0 Å². The highest BCUT2D eigenvalue weighted by Crippen LogP contribution is 2.23. The molecular weight excluding hydrogens is 371 g/mol. The molecule has 0 saturated carbocycles. The fourth-order valence-corrected chi connectivity index (χ4v) is 2.80. The van der Waals surface area contributed by atoms with Gasteiger partial charge in [0.25, 0.3) is 5.91 Å². The highest BCUT2D eigenvalue weighted by Gasteiger charge is 2.23. The first-order valence-corrected chi connectivity index (χ1v) is 8.67. The quantitative estimate of drug-likeness (QED) is 0.724. The van der Waals surface area contributed by atoms with Gasteiger partial charge >= 0.3 is 0 Å². The van der Waals surface area contributed by atoms with Crippen molar-refractivity contribution < 1.29 is 9.53 Å². The maximum Gasteiger partial charge on any atom is 0.254 e. The maximum atomic E-state index is 12.8. The van der Waals surface area contributed by atoms with Gasteiger partial charge in [-0.05, 0) is 50.3 Å². The number of nitrogens with zero attached hydrogens (tertiary/aromatic N) is 1. The van der Waals surface area contributed by atoms with Crippen molar-refractivity contribution in [1.82, 2.24) is 10.2 Å². The molecule has 0 aliphatic carbocycles. The van der Waals surface area contributed by atoms with Gasteiger partial charge < -0.3 is 15.0 Å². The summed E-state index contributed by atoms with van der Waals surface area (Å²) in [7, 11) is 5.58. The van der Waals surface area contributed by atoms with Crippen molar-refractivity contribution in [3.05, 3.63) is 70.7 Å². The summed E-state index contributed by atoms with van der Waals surface area (Å²) in [5, 5.41) is 3.80. The Morgan fingerprint density at radius 3 is 2.23 bits per heavy atom. The number of amides is 1. The minimum atomic E-state index is -0.629. The van der Waals surface area contributed by atoms with Gasteiger partial charge in [0, 0.05) is 12.1 Å². The zero-order valence-electron chi connectivity index (χ0n) is 15.3. The summed E-state index contributed by atoms with van der Waals surface area (Å²) in [4.78, 5) is 14.9. The van der Waals surface area contributed by atoms with Crippen LogP contribution in [0.25, 0.3) is 0 Å². The van der Waals surface area contributed by atoms with Crippen molar-refractivity contribution in [1.29, 1.82) is 0 Å². The molecule has 0 bridgehead atoms. The average molecular weight is 397 g/mol. The molecule has 0 aromatic heterocycles. The Morgan fingerprint density at radius 2 is 1.69 bits per heavy atom. The lowest BCUT2D eigenvalue weighted by Crippen LogP contribution is -2.35. The van der Waals surface area contributed by atoms with E-state index < -0.39 is 6.10 Å². The van der Waals surface area contributed by atoms with Crippen LogP contribution < -0.4 is 5.32 Å². The average Bonchev–Trinajstić information content (AvgIpc) is 2.61. The van der Waals surface area contributed by atoms with Gasteiger partial charge in [0.2, 0.25) is 0 Å². The van der Waals surface area contributed by atoms with Crippen LogP contribution in [0, 0.1) is 0 Å². The number of hydrogen-bond donors (Lipinski definition) is 1. The first-order chi connectivity index (χ1) is 12.0. The molecule has 0 aliphatic heterocycles. The Kier molecular flexibility index (Phi) is 9.66. The first-order valence-electron chi connectivity index (χ1n) is 8.29. The summed E-state index contributed by atoms with van der Waals surface area (Å²) in [6.07, 6.45) is 0.168. The third kappa shape index (κ3) is 6.61. The Bertz CT molecular complexity index is 663. The Morgan fingerprint density at radius 1 is 1.08 bits per heavy atom. The SMILES string of the molecule is CO[C@@H](C(=O)N[C@H](CCN(C)C)c1ccc(Cl)cc1)c1ccccc1.Cl. The van der Waals surface area contributed by atoms with Crippen LogP contribution in [0.4, 0.5) is 0 Å². The summed E-state index contributed by atoms with van der Waals surface area (Å²) in [6, 6.07) is 17.0. The fourth-order valence-electron chi connectivity index (χ4n) is 2.67. The number of nitrogens with one attached hydrogen (secondary N) is 1. The molecule has 142 valence electrons. The highest BCUT2D eigenvalue weighted by molar-refractivity contribution is 6.30. The van der Waals surface area contributed by atoms with Gasteiger partial charge in [-0.15, -0.1) is 12.4 Å². The van der Waals surface area contributed by atoms with Crippen molar-refractivity contribution in [3.63, 3.8) is 0 Å². The molecule has 1 amide bonds. The van der Waals surface area contributed by atoms with E-state index in [2.05, 4.69) is 10.2 Å². The molecule has 4 nitrogen and oxygen atoms in total. The van der Waals surface area contributed by atoms with Gasteiger partial charge in [-0.2, -0.15) is 0 Å². The van der Waals surface area contributed by atoms with E-state index in [1.165, 1.54) is 0 Å². The lowest BCUT2D eigenvalue weighted by Gasteiger charge is -2.24. The highest BCUT2D eigenvalue weighted by atomic mass is 35.5. The molecule has 2 rings (SSSR count). The number of benzene rings is 2. The molecule has 1 N–H and O–H groups in total. The number of ether oxygens (including phenoxy) is 1. The van der Waals surface area contributed by atoms with E-state index in [9.17, 15) is 4.79 Å². The lowest BCUT2D eigenvalue weighted by molar-refractivity contribution is -0.132. The minimum Gasteiger partial charge on any atom is -0.367 e. The van der Waals surface area contributed by atoms with Gasteiger partial charge in [-0.3, -0.25) is 4.79 Å². The van der Waals surface area contributed by atoms with Crippen LogP contribution in [-0.4, -0.2) is 38.6 Å². The summed E-state index contributed by atoms with van der Waals surface area (Å²) < 4.78 is 5.44. The molecule has 2 aromatic rings.